The molecule has 0 saturated heterocycles. The van der Waals surface area contributed by atoms with E-state index in [-0.39, 0.29) is 7.33 Å². The third-order valence-electron chi connectivity index (χ3n) is 2.42. The monoisotopic (exact) mass is 177 g/mol. The van der Waals surface area contributed by atoms with Crippen LogP contribution in [0.4, 0.5) is 5.69 Å². The Hall–Kier alpha value is -1.31. The zero-order valence-corrected chi connectivity index (χ0v) is 7.92. The van der Waals surface area contributed by atoms with E-state index in [0.29, 0.717) is 12.3 Å². The third kappa shape index (κ3) is 1.44. The van der Waals surface area contributed by atoms with Gasteiger partial charge in [-0.05, 0) is 23.1 Å². The summed E-state index contributed by atoms with van der Waals surface area (Å²) >= 11 is 0. The van der Waals surface area contributed by atoms with Gasteiger partial charge in [0.25, 0.3) is 0 Å². The van der Waals surface area contributed by atoms with Crippen molar-refractivity contribution in [3.8, 4) is 0 Å². The van der Waals surface area contributed by atoms with Crippen LogP contribution in [0.5, 0.6) is 0 Å². The summed E-state index contributed by atoms with van der Waals surface area (Å²) in [4.78, 5) is 11.1. The minimum atomic E-state index is 0. The molecule has 13 heavy (non-hydrogen) atoms. The third-order valence-corrected chi connectivity index (χ3v) is 2.42. The first kappa shape index (κ1) is 8.30. The van der Waals surface area contributed by atoms with Crippen molar-refractivity contribution in [1.82, 2.24) is 0 Å². The summed E-state index contributed by atoms with van der Waals surface area (Å²) < 4.78 is 0. The van der Waals surface area contributed by atoms with E-state index in [1.165, 1.54) is 5.56 Å². The second-order valence-corrected chi connectivity index (χ2v) is 3.80. The average molecular weight is 177 g/mol. The summed E-state index contributed by atoms with van der Waals surface area (Å²) in [6.07, 6.45) is 0.538. The van der Waals surface area contributed by atoms with Crippen LogP contribution in [0.25, 0.3) is 0 Å². The van der Waals surface area contributed by atoms with Crippen LogP contribution in [0.2, 0.25) is 0 Å². The molecular formula is C11H15NO. The highest BCUT2D eigenvalue weighted by Gasteiger charge is 2.17. The van der Waals surface area contributed by atoms with Gasteiger partial charge in [-0.3, -0.25) is 4.79 Å². The van der Waals surface area contributed by atoms with Crippen LogP contribution < -0.4 is 5.32 Å². The van der Waals surface area contributed by atoms with E-state index < -0.39 is 0 Å². The van der Waals surface area contributed by atoms with Gasteiger partial charge in [0.1, 0.15) is 0 Å². The zero-order valence-electron chi connectivity index (χ0n) is 7.92. The Morgan fingerprint density at radius 3 is 2.92 bits per heavy atom. The van der Waals surface area contributed by atoms with Crippen molar-refractivity contribution < 1.29 is 6.22 Å². The van der Waals surface area contributed by atoms with Crippen LogP contribution in [0.3, 0.4) is 0 Å². The van der Waals surface area contributed by atoms with Crippen molar-refractivity contribution in [3.05, 3.63) is 29.3 Å². The summed E-state index contributed by atoms with van der Waals surface area (Å²) in [5, 5.41) is 2.82. The molecule has 1 amide bonds. The topological polar surface area (TPSA) is 29.1 Å². The molecule has 2 heteroatoms. The van der Waals surface area contributed by atoms with Crippen molar-refractivity contribution in [2.24, 2.45) is 0 Å². The first-order valence-electron chi connectivity index (χ1n) is 4.59. The van der Waals surface area contributed by atoms with Crippen molar-refractivity contribution in [2.45, 2.75) is 26.2 Å². The molecular weight excluding hydrogens is 162 g/mol. The maximum Gasteiger partial charge on any atom is 0.228 e. The molecule has 1 aromatic carbocycles. The molecule has 0 atom stereocenters. The van der Waals surface area contributed by atoms with Crippen molar-refractivity contribution in [1.29, 1.82) is 0 Å². The quantitative estimate of drug-likeness (QED) is 0.701. The molecule has 0 saturated carbocycles. The molecule has 2 rings (SSSR count). The second-order valence-electron chi connectivity index (χ2n) is 3.80. The van der Waals surface area contributed by atoms with E-state index in [9.17, 15) is 4.79 Å². The fourth-order valence-electron chi connectivity index (χ4n) is 1.61. The molecule has 0 aromatic heterocycles. The number of nitrogens with one attached hydrogen (secondary N) is 1. The van der Waals surface area contributed by atoms with Gasteiger partial charge in [-0.1, -0.05) is 26.0 Å². The highest BCUT2D eigenvalue weighted by molar-refractivity contribution is 5.99. The molecule has 70 valence electrons. The van der Waals surface area contributed by atoms with E-state index in [4.69, 9.17) is 0 Å². The van der Waals surface area contributed by atoms with Gasteiger partial charge in [0, 0.05) is 7.11 Å². The molecule has 1 aliphatic heterocycles. The van der Waals surface area contributed by atoms with Gasteiger partial charge < -0.3 is 5.32 Å². The molecule has 0 spiro atoms. The average Bonchev–Trinajstić information content (AvgIpc) is 2.42. The fraction of sp³-hybridized carbons (Fsp3) is 0.364. The minimum absolute atomic E-state index is 0. The molecule has 1 aromatic rings. The Bertz CT molecular complexity index is 360. The molecule has 0 radical (unpaired) electrons. The lowest BCUT2D eigenvalue weighted by Crippen LogP contribution is -2.03. The minimum Gasteiger partial charge on any atom is -0.326 e. The van der Waals surface area contributed by atoms with E-state index in [2.05, 4.69) is 31.3 Å². The number of amides is 1. The second kappa shape index (κ2) is 2.87. The fourth-order valence-corrected chi connectivity index (χ4v) is 1.61. The number of hydrogen-bond acceptors (Lipinski definition) is 1. The Kier molecular flexibility index (Phi) is 1.83. The number of rotatable bonds is 1. The molecule has 0 unspecified atom stereocenters. The SMILES string of the molecule is CC(C)c1ccc2c(c1)CC(=O)N2.[HH]. The van der Waals surface area contributed by atoms with Gasteiger partial charge in [-0.25, -0.2) is 0 Å². The van der Waals surface area contributed by atoms with Gasteiger partial charge in [-0.15, -0.1) is 0 Å². The smallest absolute Gasteiger partial charge is 0.228 e. The number of benzene rings is 1. The van der Waals surface area contributed by atoms with Crippen LogP contribution in [0, 0.1) is 0 Å². The van der Waals surface area contributed by atoms with E-state index in [0.717, 1.165) is 11.3 Å². The first-order chi connectivity index (χ1) is 6.16. The predicted molar refractivity (Wildman–Crippen MR) is 55.0 cm³/mol. The lowest BCUT2D eigenvalue weighted by molar-refractivity contribution is -0.115. The maximum absolute atomic E-state index is 11.1. The molecule has 1 heterocycles. The summed E-state index contributed by atoms with van der Waals surface area (Å²) in [5.74, 6) is 0.636. The molecule has 2 nitrogen and oxygen atoms in total. The Labute approximate surface area is 79.4 Å². The van der Waals surface area contributed by atoms with Crippen LogP contribution in [-0.2, 0) is 11.2 Å². The lowest BCUT2D eigenvalue weighted by atomic mass is 10.00. The van der Waals surface area contributed by atoms with E-state index in [1.807, 2.05) is 6.07 Å². The number of carbonyl (C=O) groups excluding carboxylic acids is 1. The molecule has 1 N–H and O–H groups in total. The van der Waals surface area contributed by atoms with Gasteiger partial charge in [-0.2, -0.15) is 0 Å². The summed E-state index contributed by atoms with van der Waals surface area (Å²) in [5.41, 5.74) is 3.42. The normalized spacial score (nSPS) is 14.5. The summed E-state index contributed by atoms with van der Waals surface area (Å²) in [6, 6.07) is 6.20. The molecule has 0 bridgehead atoms. The van der Waals surface area contributed by atoms with Gasteiger partial charge in [0.05, 0.1) is 6.42 Å². The predicted octanol–water partition coefficient (Wildman–Crippen LogP) is 2.55. The van der Waals surface area contributed by atoms with Gasteiger partial charge in [0.2, 0.25) is 5.91 Å². The van der Waals surface area contributed by atoms with E-state index in [1.54, 1.807) is 0 Å². The zero-order chi connectivity index (χ0) is 9.42. The Morgan fingerprint density at radius 2 is 2.23 bits per heavy atom. The Morgan fingerprint density at radius 1 is 1.46 bits per heavy atom. The maximum atomic E-state index is 11.1. The molecule has 0 aliphatic carbocycles. The number of carbonyl (C=O) groups is 1. The van der Waals surface area contributed by atoms with Gasteiger partial charge >= 0.3 is 0 Å². The number of hydrogen-bond donors (Lipinski definition) is 1. The van der Waals surface area contributed by atoms with E-state index >= 15 is 0 Å². The molecule has 0 fully saturated rings. The Balaban J connectivity index is 0.000000980. The van der Waals surface area contributed by atoms with Crippen LogP contribution in [0.15, 0.2) is 18.2 Å². The standard InChI is InChI=1S/C11H13NO.H2/c1-7(2)8-3-4-10-9(5-8)6-11(13)12-10;/h3-5,7H,6H2,1-2H3,(H,12,13);1H. The number of anilines is 1. The van der Waals surface area contributed by atoms with Crippen LogP contribution in [-0.4, -0.2) is 5.91 Å². The van der Waals surface area contributed by atoms with Crippen molar-refractivity contribution >= 4 is 11.6 Å². The summed E-state index contributed by atoms with van der Waals surface area (Å²) in [6.45, 7) is 4.32. The lowest BCUT2D eigenvalue weighted by Gasteiger charge is -2.06. The van der Waals surface area contributed by atoms with Gasteiger partial charge in [0.15, 0.2) is 0 Å². The largest absolute Gasteiger partial charge is 0.326 e. The van der Waals surface area contributed by atoms with Crippen molar-refractivity contribution in [2.75, 3.05) is 5.32 Å². The van der Waals surface area contributed by atoms with Crippen molar-refractivity contribution in [3.63, 3.8) is 0 Å². The van der Waals surface area contributed by atoms with Crippen LogP contribution >= 0.6 is 0 Å². The molecule has 1 aliphatic rings. The van der Waals surface area contributed by atoms with Crippen LogP contribution in [0.1, 0.15) is 32.3 Å². The highest BCUT2D eigenvalue weighted by Crippen LogP contribution is 2.26. The number of fused-ring (bicyclic) bond motifs is 1. The first-order valence-corrected chi connectivity index (χ1v) is 4.59. The summed E-state index contributed by atoms with van der Waals surface area (Å²) in [7, 11) is 0. The highest BCUT2D eigenvalue weighted by atomic mass is 16.1.